The Morgan fingerprint density at radius 2 is 0.319 bits per heavy atom. The first-order valence-electron chi connectivity index (χ1n) is 47.8. The van der Waals surface area contributed by atoms with Gasteiger partial charge < -0.3 is 18.9 Å². The first-order valence-corrected chi connectivity index (χ1v) is 47.8. The Balaban J connectivity index is 0.000000155. The lowest BCUT2D eigenvalue weighted by molar-refractivity contribution is 0.660. The average Bonchev–Trinajstić information content (AvgIpc) is 1.57. The van der Waals surface area contributed by atoms with E-state index in [0.717, 1.165) is 118 Å². The molecule has 0 atom stereocenters. The second-order valence-electron chi connectivity index (χ2n) is 37.0. The number of benzene rings is 20. The Bertz CT molecular complexity index is 7400. The zero-order chi connectivity index (χ0) is 92.6. The van der Waals surface area contributed by atoms with Crippen LogP contribution in [0.5, 0.6) is 0 Å². The fraction of sp³-hybridized carbons (Fsp3) is 0.0448. The van der Waals surface area contributed by atoms with Gasteiger partial charge in [-0.15, -0.1) is 0 Å². The fourth-order valence-corrected chi connectivity index (χ4v) is 21.3. The molecule has 2 heterocycles. The number of fused-ring (bicyclic) bond motifs is 6. The van der Waals surface area contributed by atoms with Gasteiger partial charge in [0.25, 0.3) is 0 Å². The smallest absolute Gasteiger partial charge is 0.0619 e. The predicted octanol–water partition coefficient (Wildman–Crippen LogP) is 36.5. The van der Waals surface area contributed by atoms with Crippen LogP contribution < -0.4 is 9.80 Å². The second kappa shape index (κ2) is 36.5. The second-order valence-corrected chi connectivity index (χ2v) is 37.0. The van der Waals surface area contributed by atoms with Crippen LogP contribution >= 0.6 is 0 Å². The van der Waals surface area contributed by atoms with Crippen molar-refractivity contribution >= 4 is 34.1 Å². The minimum absolute atomic E-state index is 0.113. The number of hydrogen-bond acceptors (Lipinski definition) is 2. The summed E-state index contributed by atoms with van der Waals surface area (Å²) in [6, 6.07) is 194. The minimum atomic E-state index is -0.113. The van der Waals surface area contributed by atoms with E-state index in [4.69, 9.17) is 0 Å². The summed E-state index contributed by atoms with van der Waals surface area (Å²) in [7, 11) is 0. The van der Waals surface area contributed by atoms with Gasteiger partial charge in [-0.25, -0.2) is 0 Å². The number of para-hydroxylation sites is 2. The minimum Gasteiger partial charge on any atom is -0.310 e. The summed E-state index contributed by atoms with van der Waals surface area (Å²) in [6.45, 7) is 9.41. The van der Waals surface area contributed by atoms with Gasteiger partial charge in [0.15, 0.2) is 0 Å². The van der Waals surface area contributed by atoms with Crippen molar-refractivity contribution in [1.29, 1.82) is 0 Å². The summed E-state index contributed by atoms with van der Waals surface area (Å²) in [6.07, 6.45) is 0. The summed E-state index contributed by atoms with van der Waals surface area (Å²) in [5.74, 6) is 0. The highest BCUT2D eigenvalue weighted by Gasteiger charge is 2.39. The van der Waals surface area contributed by atoms with Gasteiger partial charge in [0, 0.05) is 78.6 Å². The van der Waals surface area contributed by atoms with Gasteiger partial charge in [-0.05, 0) is 231 Å². The van der Waals surface area contributed by atoms with Crippen molar-refractivity contribution < 1.29 is 0 Å². The van der Waals surface area contributed by atoms with Crippen LogP contribution in [-0.4, -0.2) is 9.13 Å². The van der Waals surface area contributed by atoms with Crippen LogP contribution in [0.4, 0.5) is 34.1 Å². The third-order valence-corrected chi connectivity index (χ3v) is 28.1. The molecule has 0 bridgehead atoms. The maximum atomic E-state index is 2.48. The third-order valence-electron chi connectivity index (χ3n) is 28.1. The van der Waals surface area contributed by atoms with Crippen LogP contribution in [0.3, 0.4) is 0 Å². The predicted molar refractivity (Wildman–Crippen MR) is 581 cm³/mol. The molecular formula is C134H100N4. The number of anilines is 6. The topological polar surface area (TPSA) is 16.3 Å². The maximum absolute atomic E-state index is 2.48. The third kappa shape index (κ3) is 15.7. The molecule has 0 aliphatic heterocycles. The van der Waals surface area contributed by atoms with Crippen molar-refractivity contribution in [3.8, 4) is 168 Å². The zero-order valence-electron chi connectivity index (χ0n) is 77.6. The van der Waals surface area contributed by atoms with E-state index in [1.54, 1.807) is 0 Å². The molecule has 2 aliphatic rings. The molecular weight excluding hydrogens is 1670 g/mol. The van der Waals surface area contributed by atoms with Crippen molar-refractivity contribution in [3.05, 3.63) is 556 Å². The monoisotopic (exact) mass is 1760 g/mol. The standard InChI is InChI=1S/2C67H50N2/c1-67(2)61-31-19-18-30-59(61)60-45-44-58(46-62(60)67)68(56-40-36-49(37-41-56)47-20-8-3-9-21-47)57-42-38-50(39-43-57)48-32-34-52(35-33-48)64-63(51-22-10-4-11-23-51)65(53-24-12-5-13-25-53)69(55-28-16-7-17-29-55)66(64)54-26-14-6-15-27-54;1-67(2)61-31-19-18-30-59(61)60-45-44-58(46-62(60)67)68(56-40-36-49(37-41-56)47-20-8-3-9-21-47)57-42-38-50(39-43-57)48-32-34-54(35-33-48)66-64(52-24-12-5-13-25-52)63(51-22-10-4-11-23-51)65(53-26-14-6-15-27-53)69(66)55-28-16-7-17-29-55/h2*3-46H,1-2H3. The molecule has 138 heavy (non-hydrogen) atoms. The lowest BCUT2D eigenvalue weighted by Crippen LogP contribution is -2.16. The molecule has 0 radical (unpaired) electrons. The average molecular weight is 1770 g/mol. The largest absolute Gasteiger partial charge is 0.310 e. The summed E-state index contributed by atoms with van der Waals surface area (Å²) < 4.78 is 4.94. The highest BCUT2D eigenvalue weighted by molar-refractivity contribution is 6.06. The van der Waals surface area contributed by atoms with E-state index in [-0.39, 0.29) is 10.8 Å². The molecule has 656 valence electrons. The molecule has 2 aromatic heterocycles. The summed E-state index contributed by atoms with van der Waals surface area (Å²) >= 11 is 0. The molecule has 0 saturated heterocycles. The van der Waals surface area contributed by atoms with E-state index in [9.17, 15) is 0 Å². The van der Waals surface area contributed by atoms with Crippen molar-refractivity contribution in [2.45, 2.75) is 38.5 Å². The zero-order valence-corrected chi connectivity index (χ0v) is 77.6. The molecule has 0 amide bonds. The van der Waals surface area contributed by atoms with Crippen LogP contribution in [0.15, 0.2) is 534 Å². The summed E-state index contributed by atoms with van der Waals surface area (Å²) in [4.78, 5) is 4.80. The van der Waals surface area contributed by atoms with Gasteiger partial charge >= 0.3 is 0 Å². The Morgan fingerprint density at radius 3 is 0.587 bits per heavy atom. The highest BCUT2D eigenvalue weighted by Crippen LogP contribution is 2.57. The van der Waals surface area contributed by atoms with E-state index in [0.29, 0.717) is 0 Å². The Morgan fingerprint density at radius 1 is 0.145 bits per heavy atom. The van der Waals surface area contributed by atoms with E-state index in [1.165, 1.54) is 106 Å². The van der Waals surface area contributed by atoms with Gasteiger partial charge in [-0.3, -0.25) is 0 Å². The number of hydrogen-bond donors (Lipinski definition) is 0. The summed E-state index contributed by atoms with van der Waals surface area (Å²) in [5.41, 5.74) is 47.7. The van der Waals surface area contributed by atoms with Gasteiger partial charge in [-0.2, -0.15) is 0 Å². The molecule has 20 aromatic carbocycles. The SMILES string of the molecule is CC1(C)c2ccccc2-c2ccc(N(c3ccc(-c4ccccc4)cc3)c3ccc(-c4ccc(-c5c(-c6ccccc6)c(-c6ccccc6)c(-c6ccccc6)n5-c5ccccc5)cc4)cc3)cc21.CC1(C)c2ccccc2-c2ccc(N(c3ccc(-c4ccccc4)cc3)c3ccc(-c4ccc(-c5c(-c6ccccc6)c(-c6ccccc6)n(-c6ccccc6)c5-c5ccccc5)cc4)cc3)cc21. The van der Waals surface area contributed by atoms with Gasteiger partial charge in [0.1, 0.15) is 0 Å². The van der Waals surface area contributed by atoms with Crippen molar-refractivity contribution in [2.24, 2.45) is 0 Å². The summed E-state index contributed by atoms with van der Waals surface area (Å²) in [5, 5.41) is 0. The molecule has 24 rings (SSSR count). The lowest BCUT2D eigenvalue weighted by atomic mass is 9.82. The molecule has 4 heteroatoms. The maximum Gasteiger partial charge on any atom is 0.0619 e. The quantitative estimate of drug-likeness (QED) is 0.0756. The molecule has 0 saturated carbocycles. The molecule has 22 aromatic rings. The lowest BCUT2D eigenvalue weighted by Gasteiger charge is -2.28. The molecule has 0 fully saturated rings. The van der Waals surface area contributed by atoms with E-state index in [1.807, 2.05) is 0 Å². The Kier molecular flexibility index (Phi) is 22.4. The van der Waals surface area contributed by atoms with Crippen molar-refractivity contribution in [3.63, 3.8) is 0 Å². The normalized spacial score (nSPS) is 12.3. The van der Waals surface area contributed by atoms with Gasteiger partial charge in [0.2, 0.25) is 0 Å². The van der Waals surface area contributed by atoms with Crippen LogP contribution in [-0.2, 0) is 10.8 Å². The number of aromatic nitrogens is 2. The van der Waals surface area contributed by atoms with Crippen LogP contribution in [0.1, 0.15) is 49.9 Å². The van der Waals surface area contributed by atoms with Gasteiger partial charge in [-0.1, -0.05) is 464 Å². The highest BCUT2D eigenvalue weighted by atomic mass is 15.1. The van der Waals surface area contributed by atoms with E-state index >= 15 is 0 Å². The Labute approximate surface area is 809 Å². The first kappa shape index (κ1) is 84.8. The van der Waals surface area contributed by atoms with Crippen molar-refractivity contribution in [2.75, 3.05) is 9.80 Å². The van der Waals surface area contributed by atoms with Crippen molar-refractivity contribution in [1.82, 2.24) is 9.13 Å². The van der Waals surface area contributed by atoms with E-state index in [2.05, 4.69) is 580 Å². The number of nitrogens with zero attached hydrogens (tertiary/aromatic N) is 4. The van der Waals surface area contributed by atoms with E-state index < -0.39 is 0 Å². The van der Waals surface area contributed by atoms with Crippen LogP contribution in [0, 0.1) is 0 Å². The number of rotatable bonds is 20. The Hall–Kier alpha value is -17.4. The molecule has 0 unspecified atom stereocenters. The van der Waals surface area contributed by atoms with Gasteiger partial charge in [0.05, 0.1) is 22.8 Å². The molecule has 0 spiro atoms. The molecule has 0 N–H and O–H groups in total. The first-order chi connectivity index (χ1) is 68.0. The molecule has 2 aliphatic carbocycles. The molecule has 4 nitrogen and oxygen atoms in total. The van der Waals surface area contributed by atoms with Crippen LogP contribution in [0.25, 0.3) is 168 Å². The van der Waals surface area contributed by atoms with Crippen LogP contribution in [0.2, 0.25) is 0 Å². The fourth-order valence-electron chi connectivity index (χ4n) is 21.3.